The molecule has 0 radical (unpaired) electrons. The third-order valence-corrected chi connectivity index (χ3v) is 6.65. The first-order chi connectivity index (χ1) is 8.48. The Balaban J connectivity index is 1.97. The zero-order valence-corrected chi connectivity index (χ0v) is 11.0. The number of rotatable bonds is 2. The first-order valence-corrected chi connectivity index (χ1v) is 8.06. The Bertz CT molecular complexity index is 591. The molecule has 0 aliphatic carbocycles. The number of hydrogen-bond donors (Lipinski definition) is 0. The number of halogens is 2. The van der Waals surface area contributed by atoms with Crippen LogP contribution in [-0.2, 0) is 10.0 Å². The van der Waals surface area contributed by atoms with Gasteiger partial charge in [-0.05, 0) is 24.6 Å². The standard InChI is InChI=1S/C11H11F2NO2S2/c12-10-2-1-9(4-11(10)13)18(15,16)14-5-8-3-7(14)6-17-8/h1-2,4,7-8H,3,5-6H2. The average Bonchev–Trinajstić information content (AvgIpc) is 2.94. The summed E-state index contributed by atoms with van der Waals surface area (Å²) in [6, 6.07) is 2.72. The van der Waals surface area contributed by atoms with E-state index in [0.717, 1.165) is 30.4 Å². The number of sulfonamides is 1. The lowest BCUT2D eigenvalue weighted by Gasteiger charge is -2.25. The Hall–Kier alpha value is -0.660. The van der Waals surface area contributed by atoms with E-state index in [1.807, 2.05) is 0 Å². The zero-order valence-electron chi connectivity index (χ0n) is 9.34. The zero-order chi connectivity index (χ0) is 12.9. The van der Waals surface area contributed by atoms with Gasteiger partial charge in [-0.3, -0.25) is 0 Å². The van der Waals surface area contributed by atoms with Crippen molar-refractivity contribution >= 4 is 21.8 Å². The van der Waals surface area contributed by atoms with E-state index >= 15 is 0 Å². The van der Waals surface area contributed by atoms with Crippen LogP contribution in [0.2, 0.25) is 0 Å². The largest absolute Gasteiger partial charge is 0.243 e. The van der Waals surface area contributed by atoms with Gasteiger partial charge < -0.3 is 0 Å². The van der Waals surface area contributed by atoms with Gasteiger partial charge in [0.25, 0.3) is 0 Å². The maximum atomic E-state index is 13.1. The summed E-state index contributed by atoms with van der Waals surface area (Å²) in [6.45, 7) is 0.469. The summed E-state index contributed by atoms with van der Waals surface area (Å²) < 4.78 is 52.0. The summed E-state index contributed by atoms with van der Waals surface area (Å²) in [5, 5.41) is 0.343. The van der Waals surface area contributed by atoms with Gasteiger partial charge in [-0.15, -0.1) is 0 Å². The second kappa shape index (κ2) is 4.18. The molecule has 0 spiro atoms. The van der Waals surface area contributed by atoms with Crippen LogP contribution in [0, 0.1) is 11.6 Å². The molecule has 3 nitrogen and oxygen atoms in total. The molecule has 2 atom stereocenters. The average molecular weight is 291 g/mol. The Morgan fingerprint density at radius 1 is 1.28 bits per heavy atom. The van der Waals surface area contributed by atoms with E-state index in [4.69, 9.17) is 0 Å². The van der Waals surface area contributed by atoms with Crippen molar-refractivity contribution in [2.45, 2.75) is 22.6 Å². The SMILES string of the molecule is O=S(=O)(c1ccc(F)c(F)c1)N1CC2CC1CS2. The van der Waals surface area contributed by atoms with Crippen LogP contribution in [-0.4, -0.2) is 36.3 Å². The molecule has 2 bridgehead atoms. The normalized spacial score (nSPS) is 27.9. The third kappa shape index (κ3) is 1.85. The van der Waals surface area contributed by atoms with Crippen molar-refractivity contribution in [2.24, 2.45) is 0 Å². The highest BCUT2D eigenvalue weighted by molar-refractivity contribution is 8.00. The molecule has 98 valence electrons. The van der Waals surface area contributed by atoms with Crippen molar-refractivity contribution in [3.05, 3.63) is 29.8 Å². The smallest absolute Gasteiger partial charge is 0.207 e. The molecule has 2 heterocycles. The molecule has 3 rings (SSSR count). The van der Waals surface area contributed by atoms with E-state index in [9.17, 15) is 17.2 Å². The lowest BCUT2D eigenvalue weighted by atomic mass is 10.3. The van der Waals surface area contributed by atoms with Crippen LogP contribution in [0.5, 0.6) is 0 Å². The molecule has 1 aromatic rings. The molecule has 2 aliphatic heterocycles. The van der Waals surface area contributed by atoms with Gasteiger partial charge in [0.05, 0.1) is 4.90 Å². The monoisotopic (exact) mass is 291 g/mol. The molecular weight excluding hydrogens is 280 g/mol. The maximum Gasteiger partial charge on any atom is 0.243 e. The number of fused-ring (bicyclic) bond motifs is 2. The van der Waals surface area contributed by atoms with E-state index < -0.39 is 21.7 Å². The van der Waals surface area contributed by atoms with Crippen LogP contribution in [0.4, 0.5) is 8.78 Å². The Morgan fingerprint density at radius 2 is 2.06 bits per heavy atom. The molecule has 2 fully saturated rings. The third-order valence-electron chi connectivity index (χ3n) is 3.35. The second-order valence-corrected chi connectivity index (χ2v) is 7.72. The van der Waals surface area contributed by atoms with Crippen LogP contribution in [0.1, 0.15) is 6.42 Å². The Morgan fingerprint density at radius 3 is 2.61 bits per heavy atom. The Labute approximate surface area is 108 Å². The first-order valence-electron chi connectivity index (χ1n) is 5.57. The van der Waals surface area contributed by atoms with Crippen LogP contribution >= 0.6 is 11.8 Å². The molecule has 18 heavy (non-hydrogen) atoms. The lowest BCUT2D eigenvalue weighted by Crippen LogP contribution is -2.39. The molecule has 0 amide bonds. The fraction of sp³-hybridized carbons (Fsp3) is 0.455. The second-order valence-electron chi connectivity index (χ2n) is 4.50. The van der Waals surface area contributed by atoms with Gasteiger partial charge in [0.1, 0.15) is 0 Å². The van der Waals surface area contributed by atoms with E-state index in [2.05, 4.69) is 0 Å². The van der Waals surface area contributed by atoms with Crippen molar-refractivity contribution in [1.82, 2.24) is 4.31 Å². The first kappa shape index (κ1) is 12.4. The van der Waals surface area contributed by atoms with Crippen LogP contribution in [0.15, 0.2) is 23.1 Å². The molecule has 1 aromatic carbocycles. The predicted molar refractivity (Wildman–Crippen MR) is 64.9 cm³/mol. The summed E-state index contributed by atoms with van der Waals surface area (Å²) in [4.78, 5) is -0.168. The summed E-state index contributed by atoms with van der Waals surface area (Å²) in [7, 11) is -3.70. The van der Waals surface area contributed by atoms with Gasteiger partial charge in [-0.1, -0.05) is 0 Å². The van der Waals surface area contributed by atoms with Gasteiger partial charge >= 0.3 is 0 Å². The summed E-state index contributed by atoms with van der Waals surface area (Å²) in [5.74, 6) is -1.38. The number of hydrogen-bond acceptors (Lipinski definition) is 3. The van der Waals surface area contributed by atoms with Crippen LogP contribution < -0.4 is 0 Å². The van der Waals surface area contributed by atoms with Gasteiger partial charge in [-0.2, -0.15) is 16.1 Å². The minimum absolute atomic E-state index is 0.00175. The minimum Gasteiger partial charge on any atom is -0.207 e. The van der Waals surface area contributed by atoms with E-state index in [1.54, 1.807) is 11.8 Å². The number of benzene rings is 1. The van der Waals surface area contributed by atoms with Gasteiger partial charge in [0.15, 0.2) is 11.6 Å². The van der Waals surface area contributed by atoms with E-state index in [0.29, 0.717) is 11.8 Å². The van der Waals surface area contributed by atoms with Crippen molar-refractivity contribution in [1.29, 1.82) is 0 Å². The van der Waals surface area contributed by atoms with Crippen molar-refractivity contribution in [3.8, 4) is 0 Å². The molecule has 0 saturated carbocycles. The summed E-state index contributed by atoms with van der Waals surface area (Å²) >= 11 is 1.77. The van der Waals surface area contributed by atoms with Crippen molar-refractivity contribution in [3.63, 3.8) is 0 Å². The Kier molecular flexibility index (Phi) is 2.87. The minimum atomic E-state index is -3.70. The number of thioether (sulfide) groups is 1. The topological polar surface area (TPSA) is 37.4 Å². The molecule has 2 saturated heterocycles. The fourth-order valence-corrected chi connectivity index (χ4v) is 5.75. The lowest BCUT2D eigenvalue weighted by molar-refractivity contribution is 0.409. The highest BCUT2D eigenvalue weighted by Gasteiger charge is 2.44. The highest BCUT2D eigenvalue weighted by atomic mass is 32.2. The molecule has 0 aromatic heterocycles. The molecule has 2 unspecified atom stereocenters. The van der Waals surface area contributed by atoms with E-state index in [-0.39, 0.29) is 10.9 Å². The quantitative estimate of drug-likeness (QED) is 0.834. The van der Waals surface area contributed by atoms with Gasteiger partial charge in [0, 0.05) is 23.6 Å². The molecular formula is C11H11F2NO2S2. The molecule has 7 heteroatoms. The van der Waals surface area contributed by atoms with Crippen LogP contribution in [0.25, 0.3) is 0 Å². The summed E-state index contributed by atoms with van der Waals surface area (Å²) in [5.41, 5.74) is 0. The van der Waals surface area contributed by atoms with Crippen molar-refractivity contribution in [2.75, 3.05) is 12.3 Å². The van der Waals surface area contributed by atoms with Gasteiger partial charge in [0.2, 0.25) is 10.0 Å². The fourth-order valence-electron chi connectivity index (χ4n) is 2.43. The van der Waals surface area contributed by atoms with Crippen LogP contribution in [0.3, 0.4) is 0 Å². The highest BCUT2D eigenvalue weighted by Crippen LogP contribution is 2.40. The van der Waals surface area contributed by atoms with E-state index in [1.165, 1.54) is 4.31 Å². The molecule has 0 N–H and O–H groups in total. The predicted octanol–water partition coefficient (Wildman–Crippen LogP) is 1.84. The summed E-state index contributed by atoms with van der Waals surface area (Å²) in [6.07, 6.45) is 0.855. The molecule has 2 aliphatic rings. The van der Waals surface area contributed by atoms with Gasteiger partial charge in [-0.25, -0.2) is 17.2 Å². The van der Waals surface area contributed by atoms with Crippen molar-refractivity contribution < 1.29 is 17.2 Å². The maximum absolute atomic E-state index is 13.1. The number of nitrogens with zero attached hydrogens (tertiary/aromatic N) is 1.